The van der Waals surface area contributed by atoms with E-state index in [0.29, 0.717) is 13.1 Å². The van der Waals surface area contributed by atoms with Crippen LogP contribution in [0.15, 0.2) is 0 Å². The lowest BCUT2D eigenvalue weighted by Crippen LogP contribution is -2.35. The van der Waals surface area contributed by atoms with Crippen LogP contribution in [0.2, 0.25) is 0 Å². The van der Waals surface area contributed by atoms with Crippen molar-refractivity contribution in [1.29, 1.82) is 0 Å². The average Bonchev–Trinajstić information content (AvgIpc) is 2.53. The Morgan fingerprint density at radius 3 is 2.07 bits per heavy atom. The molecule has 0 bridgehead atoms. The summed E-state index contributed by atoms with van der Waals surface area (Å²) in [5.41, 5.74) is 0. The molecule has 0 unspecified atom stereocenters. The van der Waals surface area contributed by atoms with Gasteiger partial charge in [-0.3, -0.25) is 0 Å². The van der Waals surface area contributed by atoms with E-state index in [1.807, 2.05) is 0 Å². The number of carbonyl (C=O) groups is 2. The van der Waals surface area contributed by atoms with Gasteiger partial charge in [0.1, 0.15) is 0 Å². The first kappa shape index (κ1) is 10.8. The summed E-state index contributed by atoms with van der Waals surface area (Å²) in [5.74, 6) is -2.46. The molecule has 0 aliphatic carbocycles. The Bertz CT molecular complexity index is 245. The predicted molar refractivity (Wildman–Crippen MR) is 38.4 cm³/mol. The topological polar surface area (TPSA) is 46.6 Å². The van der Waals surface area contributed by atoms with Crippen LogP contribution in [-0.4, -0.2) is 36.2 Å². The van der Waals surface area contributed by atoms with Crippen molar-refractivity contribution in [3.8, 4) is 0 Å². The molecule has 1 aliphatic heterocycles. The zero-order valence-corrected chi connectivity index (χ0v) is 7.13. The second kappa shape index (κ2) is 3.85. The number of nitrogens with zero attached hydrogens (tertiary/aromatic N) is 1. The van der Waals surface area contributed by atoms with Gasteiger partial charge in [0.15, 0.2) is 0 Å². The zero-order chi connectivity index (χ0) is 10.8. The van der Waals surface area contributed by atoms with E-state index in [0.717, 1.165) is 17.7 Å². The highest BCUT2D eigenvalue weighted by Crippen LogP contribution is 2.18. The lowest BCUT2D eigenvalue weighted by molar-refractivity contribution is -0.193. The Hall–Kier alpha value is -1.27. The molecule has 1 heterocycles. The van der Waals surface area contributed by atoms with Crippen LogP contribution in [0.3, 0.4) is 0 Å². The summed E-state index contributed by atoms with van der Waals surface area (Å²) in [5, 5.41) is 0. The van der Waals surface area contributed by atoms with Crippen molar-refractivity contribution in [1.82, 2.24) is 4.90 Å². The molecule has 1 saturated heterocycles. The Morgan fingerprint density at radius 2 is 1.64 bits per heavy atom. The number of ether oxygens (including phenoxy) is 1. The molecule has 1 rings (SSSR count). The number of amides is 1. The molecule has 0 N–H and O–H groups in total. The van der Waals surface area contributed by atoms with E-state index in [4.69, 9.17) is 0 Å². The molecule has 1 aliphatic rings. The standard InChI is InChI=1S/C7H8F3NO3/c8-7(9,10)5(12)14-6(13)11-3-1-2-4-11/h1-4H2. The van der Waals surface area contributed by atoms with Crippen molar-refractivity contribution >= 4 is 12.1 Å². The largest absolute Gasteiger partial charge is 0.491 e. The van der Waals surface area contributed by atoms with Crippen LogP contribution in [0.4, 0.5) is 18.0 Å². The van der Waals surface area contributed by atoms with Gasteiger partial charge >= 0.3 is 18.2 Å². The number of alkyl halides is 3. The highest BCUT2D eigenvalue weighted by atomic mass is 19.4. The summed E-state index contributed by atoms with van der Waals surface area (Å²) in [6.07, 6.45) is -4.90. The van der Waals surface area contributed by atoms with Gasteiger partial charge < -0.3 is 9.64 Å². The van der Waals surface area contributed by atoms with Crippen molar-refractivity contribution in [2.24, 2.45) is 0 Å². The maximum absolute atomic E-state index is 11.7. The molecule has 1 fully saturated rings. The van der Waals surface area contributed by atoms with Crippen LogP contribution in [0.25, 0.3) is 0 Å². The van der Waals surface area contributed by atoms with Gasteiger partial charge in [-0.15, -0.1) is 0 Å². The Balaban J connectivity index is 2.44. The number of carbonyl (C=O) groups excluding carboxylic acids is 2. The van der Waals surface area contributed by atoms with Crippen LogP contribution in [0.1, 0.15) is 12.8 Å². The fraction of sp³-hybridized carbons (Fsp3) is 0.714. The molecule has 0 atom stereocenters. The second-order valence-corrected chi connectivity index (χ2v) is 2.85. The van der Waals surface area contributed by atoms with Gasteiger partial charge in [-0.1, -0.05) is 0 Å². The van der Waals surface area contributed by atoms with Crippen LogP contribution in [0, 0.1) is 0 Å². The van der Waals surface area contributed by atoms with Crippen LogP contribution >= 0.6 is 0 Å². The minimum Gasteiger partial charge on any atom is -0.369 e. The van der Waals surface area contributed by atoms with E-state index in [9.17, 15) is 22.8 Å². The highest BCUT2D eigenvalue weighted by molar-refractivity contribution is 5.87. The molecule has 14 heavy (non-hydrogen) atoms. The van der Waals surface area contributed by atoms with Gasteiger partial charge in [0, 0.05) is 13.1 Å². The molecule has 7 heteroatoms. The zero-order valence-electron chi connectivity index (χ0n) is 7.13. The summed E-state index contributed by atoms with van der Waals surface area (Å²) in [6, 6.07) is 0. The third kappa shape index (κ3) is 2.61. The first-order chi connectivity index (χ1) is 6.41. The predicted octanol–water partition coefficient (Wildman–Crippen LogP) is 1.31. The van der Waals surface area contributed by atoms with Crippen molar-refractivity contribution in [3.63, 3.8) is 0 Å². The summed E-state index contributed by atoms with van der Waals surface area (Å²) in [7, 11) is 0. The van der Waals surface area contributed by atoms with Crippen molar-refractivity contribution < 1.29 is 27.5 Å². The van der Waals surface area contributed by atoms with Crippen molar-refractivity contribution in [3.05, 3.63) is 0 Å². The summed E-state index contributed by atoms with van der Waals surface area (Å²) in [6.45, 7) is 0.675. The molecular weight excluding hydrogens is 203 g/mol. The van der Waals surface area contributed by atoms with Gasteiger partial charge in [-0.2, -0.15) is 13.2 Å². The lowest BCUT2D eigenvalue weighted by atomic mass is 10.4. The maximum atomic E-state index is 11.7. The van der Waals surface area contributed by atoms with Crippen LogP contribution < -0.4 is 0 Å². The van der Waals surface area contributed by atoms with E-state index in [2.05, 4.69) is 4.74 Å². The third-order valence-electron chi connectivity index (χ3n) is 1.78. The minimum atomic E-state index is -5.12. The van der Waals surface area contributed by atoms with Crippen LogP contribution in [0.5, 0.6) is 0 Å². The molecule has 80 valence electrons. The Kier molecular flexibility index (Phi) is 2.97. The SMILES string of the molecule is O=C(OC(=O)C(F)(F)F)N1CCCC1. The van der Waals surface area contributed by atoms with Gasteiger partial charge in [-0.05, 0) is 12.8 Å². The Labute approximate surface area is 77.6 Å². The number of rotatable bonds is 0. The lowest BCUT2D eigenvalue weighted by Gasteiger charge is -2.14. The molecule has 4 nitrogen and oxygen atoms in total. The second-order valence-electron chi connectivity index (χ2n) is 2.85. The first-order valence-corrected chi connectivity index (χ1v) is 3.99. The molecule has 0 aromatic rings. The summed E-state index contributed by atoms with van der Waals surface area (Å²) < 4.78 is 38.6. The minimum absolute atomic E-state index is 0.337. The maximum Gasteiger partial charge on any atom is 0.491 e. The highest BCUT2D eigenvalue weighted by Gasteiger charge is 2.43. The van der Waals surface area contributed by atoms with Crippen LogP contribution in [-0.2, 0) is 9.53 Å². The number of hydrogen-bond acceptors (Lipinski definition) is 3. The molecule has 1 amide bonds. The first-order valence-electron chi connectivity index (χ1n) is 3.99. The third-order valence-corrected chi connectivity index (χ3v) is 1.78. The van der Waals surface area contributed by atoms with E-state index in [1.165, 1.54) is 0 Å². The molecular formula is C7H8F3NO3. The molecule has 0 aromatic carbocycles. The quantitative estimate of drug-likeness (QED) is 0.448. The molecule has 0 radical (unpaired) electrons. The van der Waals surface area contributed by atoms with E-state index < -0.39 is 18.2 Å². The van der Waals surface area contributed by atoms with Gasteiger partial charge in [-0.25, -0.2) is 9.59 Å². The van der Waals surface area contributed by atoms with Gasteiger partial charge in [0.25, 0.3) is 0 Å². The molecule has 0 saturated carbocycles. The molecule has 0 spiro atoms. The van der Waals surface area contributed by atoms with Crippen molar-refractivity contribution in [2.75, 3.05) is 13.1 Å². The number of likely N-dealkylation sites (tertiary alicyclic amines) is 1. The van der Waals surface area contributed by atoms with E-state index in [1.54, 1.807) is 0 Å². The summed E-state index contributed by atoms with van der Waals surface area (Å²) in [4.78, 5) is 22.2. The summed E-state index contributed by atoms with van der Waals surface area (Å²) >= 11 is 0. The van der Waals surface area contributed by atoms with Gasteiger partial charge in [0.2, 0.25) is 0 Å². The average molecular weight is 211 g/mol. The number of hydrogen-bond donors (Lipinski definition) is 0. The van der Waals surface area contributed by atoms with Crippen molar-refractivity contribution in [2.45, 2.75) is 19.0 Å². The monoisotopic (exact) mass is 211 g/mol. The normalized spacial score (nSPS) is 16.9. The van der Waals surface area contributed by atoms with E-state index >= 15 is 0 Å². The fourth-order valence-corrected chi connectivity index (χ4v) is 1.10. The van der Waals surface area contributed by atoms with Gasteiger partial charge in [0.05, 0.1) is 0 Å². The Morgan fingerprint density at radius 1 is 1.14 bits per heavy atom. The molecule has 0 aromatic heterocycles. The fourth-order valence-electron chi connectivity index (χ4n) is 1.10. The smallest absolute Gasteiger partial charge is 0.369 e. The number of esters is 1. The number of halogens is 3. The van der Waals surface area contributed by atoms with E-state index in [-0.39, 0.29) is 0 Å².